The van der Waals surface area contributed by atoms with Gasteiger partial charge in [0.25, 0.3) is 0 Å². The topological polar surface area (TPSA) is 151 Å². The first-order chi connectivity index (χ1) is 13.7. The number of nitrogens with two attached hydrogens (primary N) is 2. The van der Waals surface area contributed by atoms with Crippen LogP contribution in [0.3, 0.4) is 0 Å². The Labute approximate surface area is 167 Å². The lowest BCUT2D eigenvalue weighted by Gasteiger charge is -2.06. The predicted molar refractivity (Wildman–Crippen MR) is 113 cm³/mol. The summed E-state index contributed by atoms with van der Waals surface area (Å²) in [6.45, 7) is 1.10. The molecule has 10 heteroatoms. The molecule has 0 saturated carbocycles. The average Bonchev–Trinajstić information content (AvgIpc) is 3.12. The van der Waals surface area contributed by atoms with E-state index in [1.54, 1.807) is 11.8 Å². The summed E-state index contributed by atoms with van der Waals surface area (Å²) in [5, 5.41) is 14.5. The normalized spacial score (nSPS) is 11.2. The highest BCUT2D eigenvalue weighted by Crippen LogP contribution is 2.15. The van der Waals surface area contributed by atoms with Gasteiger partial charge in [-0.05, 0) is 5.56 Å². The summed E-state index contributed by atoms with van der Waals surface area (Å²) >= 11 is 1.65. The SMILES string of the molecule is N#CNC(=NCC=Cc1ccccc1)NCCSCc1coc(N=C(N)N)n1. The molecule has 0 bridgehead atoms. The van der Waals surface area contributed by atoms with Crippen molar-refractivity contribution in [3.63, 3.8) is 0 Å². The van der Waals surface area contributed by atoms with Gasteiger partial charge in [0.1, 0.15) is 6.26 Å². The number of guanidine groups is 2. The van der Waals surface area contributed by atoms with E-state index in [9.17, 15) is 0 Å². The van der Waals surface area contributed by atoms with Gasteiger partial charge in [-0.15, -0.1) is 0 Å². The van der Waals surface area contributed by atoms with Crippen LogP contribution in [0, 0.1) is 11.5 Å². The van der Waals surface area contributed by atoms with Gasteiger partial charge in [0.15, 0.2) is 12.2 Å². The Morgan fingerprint density at radius 3 is 2.89 bits per heavy atom. The second-order valence-electron chi connectivity index (χ2n) is 5.38. The molecule has 0 aliphatic carbocycles. The monoisotopic (exact) mass is 398 g/mol. The zero-order valence-corrected chi connectivity index (χ0v) is 16.0. The molecule has 0 atom stereocenters. The van der Waals surface area contributed by atoms with Crippen molar-refractivity contribution in [2.45, 2.75) is 5.75 Å². The molecule has 0 amide bonds. The molecular weight excluding hydrogens is 376 g/mol. The summed E-state index contributed by atoms with van der Waals surface area (Å²) in [6, 6.07) is 10.1. The van der Waals surface area contributed by atoms with Crippen molar-refractivity contribution in [1.82, 2.24) is 15.6 Å². The molecule has 6 N–H and O–H groups in total. The highest BCUT2D eigenvalue weighted by atomic mass is 32.2. The highest BCUT2D eigenvalue weighted by Gasteiger charge is 2.03. The van der Waals surface area contributed by atoms with Crippen LogP contribution in [0.1, 0.15) is 11.3 Å². The maximum Gasteiger partial charge on any atom is 0.325 e. The van der Waals surface area contributed by atoms with Gasteiger partial charge < -0.3 is 21.2 Å². The minimum atomic E-state index is -0.0966. The lowest BCUT2D eigenvalue weighted by atomic mass is 10.2. The molecule has 0 aliphatic rings. The van der Waals surface area contributed by atoms with Crippen LogP contribution < -0.4 is 22.1 Å². The number of hydrogen-bond acceptors (Lipinski definition) is 6. The summed E-state index contributed by atoms with van der Waals surface area (Å²) < 4.78 is 5.13. The van der Waals surface area contributed by atoms with Gasteiger partial charge >= 0.3 is 6.01 Å². The van der Waals surface area contributed by atoms with Crippen LogP contribution in [0.25, 0.3) is 6.08 Å². The van der Waals surface area contributed by atoms with Crippen LogP contribution in [0.4, 0.5) is 6.01 Å². The van der Waals surface area contributed by atoms with Crippen molar-refractivity contribution < 1.29 is 4.42 Å². The van der Waals surface area contributed by atoms with Crippen LogP contribution >= 0.6 is 11.8 Å². The average molecular weight is 398 g/mol. The lowest BCUT2D eigenvalue weighted by Crippen LogP contribution is -2.36. The number of nitriles is 1. The molecule has 9 nitrogen and oxygen atoms in total. The molecule has 0 saturated heterocycles. The van der Waals surface area contributed by atoms with E-state index in [0.29, 0.717) is 24.8 Å². The van der Waals surface area contributed by atoms with E-state index in [-0.39, 0.29) is 12.0 Å². The number of oxazole rings is 1. The largest absolute Gasteiger partial charge is 0.430 e. The van der Waals surface area contributed by atoms with E-state index < -0.39 is 0 Å². The number of benzene rings is 1. The summed E-state index contributed by atoms with van der Waals surface area (Å²) in [6.07, 6.45) is 7.32. The molecular formula is C18H22N8OS. The fraction of sp³-hybridized carbons (Fsp3) is 0.222. The number of aromatic nitrogens is 1. The molecule has 0 unspecified atom stereocenters. The number of nitrogens with one attached hydrogen (secondary N) is 2. The second-order valence-corrected chi connectivity index (χ2v) is 6.48. The van der Waals surface area contributed by atoms with Crippen LogP contribution in [-0.2, 0) is 5.75 Å². The maximum atomic E-state index is 8.84. The van der Waals surface area contributed by atoms with Gasteiger partial charge in [-0.2, -0.15) is 27.0 Å². The van der Waals surface area contributed by atoms with Crippen LogP contribution in [-0.4, -0.2) is 35.7 Å². The molecule has 1 heterocycles. The zero-order chi connectivity index (χ0) is 20.0. The number of thioether (sulfide) groups is 1. The standard InChI is InChI=1S/C18H22N8OS/c19-13-24-17(22-8-4-7-14-5-2-1-3-6-14)23-9-10-28-12-15-11-27-18(25-15)26-16(20)21/h1-7,11H,8-10,12H2,(H2,22,23,24)(H4,20,21,25,26). The molecule has 2 rings (SSSR count). The van der Waals surface area contributed by atoms with Gasteiger partial charge in [0, 0.05) is 18.1 Å². The van der Waals surface area contributed by atoms with E-state index in [4.69, 9.17) is 21.1 Å². The van der Waals surface area contributed by atoms with Crippen LogP contribution in [0.2, 0.25) is 0 Å². The molecule has 1 aromatic carbocycles. The number of nitrogens with zero attached hydrogens (tertiary/aromatic N) is 4. The summed E-state index contributed by atoms with van der Waals surface area (Å²) in [5.74, 6) is 1.79. The number of hydrogen-bond donors (Lipinski definition) is 4. The molecule has 1 aromatic heterocycles. The smallest absolute Gasteiger partial charge is 0.325 e. The van der Waals surface area contributed by atoms with Gasteiger partial charge in [-0.1, -0.05) is 42.5 Å². The Morgan fingerprint density at radius 1 is 1.32 bits per heavy atom. The Morgan fingerprint density at radius 2 is 2.14 bits per heavy atom. The molecule has 2 aromatic rings. The van der Waals surface area contributed by atoms with E-state index in [1.807, 2.05) is 48.7 Å². The second kappa shape index (κ2) is 12.0. The van der Waals surface area contributed by atoms with E-state index in [2.05, 4.69) is 25.6 Å². The lowest BCUT2D eigenvalue weighted by molar-refractivity contribution is 0.568. The van der Waals surface area contributed by atoms with Crippen LogP contribution in [0.5, 0.6) is 0 Å². The molecule has 28 heavy (non-hydrogen) atoms. The molecule has 146 valence electrons. The van der Waals surface area contributed by atoms with Gasteiger partial charge in [0.2, 0.25) is 5.96 Å². The quantitative estimate of drug-likeness (QED) is 0.163. The first kappa shape index (κ1) is 20.9. The van der Waals surface area contributed by atoms with Gasteiger partial charge in [0.05, 0.1) is 12.2 Å². The maximum absolute atomic E-state index is 8.84. The molecule has 0 spiro atoms. The van der Waals surface area contributed by atoms with E-state index in [0.717, 1.165) is 17.0 Å². The Kier molecular flexibility index (Phi) is 8.96. The third kappa shape index (κ3) is 8.29. The van der Waals surface area contributed by atoms with Gasteiger partial charge in [-0.25, -0.2) is 4.99 Å². The van der Waals surface area contributed by atoms with Crippen molar-refractivity contribution in [2.24, 2.45) is 21.5 Å². The number of rotatable bonds is 9. The molecule has 0 radical (unpaired) electrons. The predicted octanol–water partition coefficient (Wildman–Crippen LogP) is 1.54. The highest BCUT2D eigenvalue weighted by molar-refractivity contribution is 7.98. The zero-order valence-electron chi connectivity index (χ0n) is 15.2. The fourth-order valence-corrected chi connectivity index (χ4v) is 2.76. The Bertz CT molecular complexity index is 850. The van der Waals surface area contributed by atoms with Crippen molar-refractivity contribution in [3.8, 4) is 6.19 Å². The number of aliphatic imine (C=N–C) groups is 2. The minimum Gasteiger partial charge on any atom is -0.430 e. The summed E-state index contributed by atoms with van der Waals surface area (Å²) in [4.78, 5) is 12.2. The first-order valence-electron chi connectivity index (χ1n) is 8.44. The van der Waals surface area contributed by atoms with E-state index >= 15 is 0 Å². The summed E-state index contributed by atoms with van der Waals surface area (Å²) in [5.41, 5.74) is 12.4. The first-order valence-corrected chi connectivity index (χ1v) is 9.59. The molecule has 0 aliphatic heterocycles. The summed E-state index contributed by atoms with van der Waals surface area (Å²) in [7, 11) is 0. The van der Waals surface area contributed by atoms with Gasteiger partial charge in [-0.3, -0.25) is 5.32 Å². The fourth-order valence-electron chi connectivity index (χ4n) is 2.03. The van der Waals surface area contributed by atoms with Crippen LogP contribution in [0.15, 0.2) is 57.1 Å². The minimum absolute atomic E-state index is 0.0966. The third-order valence-electron chi connectivity index (χ3n) is 3.19. The van der Waals surface area contributed by atoms with Crippen molar-refractivity contribution >= 4 is 35.8 Å². The Balaban J connectivity index is 1.69. The van der Waals surface area contributed by atoms with Crippen molar-refractivity contribution in [3.05, 3.63) is 53.9 Å². The van der Waals surface area contributed by atoms with E-state index in [1.165, 1.54) is 6.26 Å². The van der Waals surface area contributed by atoms with Crippen molar-refractivity contribution in [2.75, 3.05) is 18.8 Å². The Hall–Kier alpha value is -3.45. The third-order valence-corrected chi connectivity index (χ3v) is 4.18. The molecule has 0 fully saturated rings. The van der Waals surface area contributed by atoms with Crippen molar-refractivity contribution in [1.29, 1.82) is 5.26 Å².